The van der Waals surface area contributed by atoms with Crippen molar-refractivity contribution in [2.24, 2.45) is 0 Å². The molecule has 0 saturated heterocycles. The number of fused-ring (bicyclic) bond motifs is 1. The van der Waals surface area contributed by atoms with Gasteiger partial charge in [-0.2, -0.15) is 0 Å². The van der Waals surface area contributed by atoms with Crippen LogP contribution in [0.3, 0.4) is 0 Å². The molecule has 3 aromatic rings. The Kier molecular flexibility index (Phi) is 3.38. The van der Waals surface area contributed by atoms with Gasteiger partial charge in [-0.05, 0) is 23.8 Å². The summed E-state index contributed by atoms with van der Waals surface area (Å²) in [5.74, 6) is 0. The van der Waals surface area contributed by atoms with Crippen molar-refractivity contribution in [2.75, 3.05) is 5.43 Å². The molecule has 0 atom stereocenters. The molecule has 0 amide bonds. The molecule has 0 fully saturated rings. The molecule has 0 aliphatic heterocycles. The minimum atomic E-state index is 0.725. The molecular formula is C16H15N3. The van der Waals surface area contributed by atoms with E-state index >= 15 is 0 Å². The fraction of sp³-hybridized carbons (Fsp3) is 0.0625. The Bertz CT molecular complexity index is 660. The number of hydrogen-bond donors (Lipinski definition) is 2. The second-order valence-corrected chi connectivity index (χ2v) is 4.34. The Balaban J connectivity index is 1.72. The number of rotatable bonds is 4. The number of aromatic nitrogens is 1. The molecule has 0 saturated carbocycles. The van der Waals surface area contributed by atoms with E-state index in [2.05, 4.69) is 40.1 Å². The highest BCUT2D eigenvalue weighted by atomic mass is 15.3. The van der Waals surface area contributed by atoms with Crippen molar-refractivity contribution in [1.82, 2.24) is 10.4 Å². The summed E-state index contributed by atoms with van der Waals surface area (Å²) >= 11 is 0. The van der Waals surface area contributed by atoms with Gasteiger partial charge in [0.1, 0.15) is 0 Å². The van der Waals surface area contributed by atoms with Crippen molar-refractivity contribution in [2.45, 2.75) is 6.54 Å². The monoisotopic (exact) mass is 249 g/mol. The van der Waals surface area contributed by atoms with Crippen LogP contribution in [0.25, 0.3) is 10.9 Å². The van der Waals surface area contributed by atoms with Crippen molar-refractivity contribution in [3.63, 3.8) is 0 Å². The second-order valence-electron chi connectivity index (χ2n) is 4.34. The van der Waals surface area contributed by atoms with E-state index in [-0.39, 0.29) is 0 Å². The van der Waals surface area contributed by atoms with E-state index in [9.17, 15) is 0 Å². The smallest absolute Gasteiger partial charge is 0.0747 e. The van der Waals surface area contributed by atoms with Crippen LogP contribution in [-0.4, -0.2) is 4.98 Å². The lowest BCUT2D eigenvalue weighted by molar-refractivity contribution is 0.805. The van der Waals surface area contributed by atoms with Crippen LogP contribution in [0, 0.1) is 0 Å². The molecule has 2 aromatic carbocycles. The molecule has 1 aromatic heterocycles. The summed E-state index contributed by atoms with van der Waals surface area (Å²) in [5.41, 5.74) is 9.68. The van der Waals surface area contributed by atoms with Gasteiger partial charge in [-0.15, -0.1) is 0 Å². The van der Waals surface area contributed by atoms with Gasteiger partial charge in [0, 0.05) is 23.8 Å². The lowest BCUT2D eigenvalue weighted by atomic mass is 10.1. The summed E-state index contributed by atoms with van der Waals surface area (Å²) < 4.78 is 0. The number of pyridine rings is 1. The molecule has 0 spiro atoms. The lowest BCUT2D eigenvalue weighted by Gasteiger charge is -2.09. The van der Waals surface area contributed by atoms with Crippen LogP contribution in [0.1, 0.15) is 5.56 Å². The number of para-hydroxylation sites is 2. The normalized spacial score (nSPS) is 10.5. The first-order valence-electron chi connectivity index (χ1n) is 6.30. The highest BCUT2D eigenvalue weighted by Crippen LogP contribution is 2.15. The summed E-state index contributed by atoms with van der Waals surface area (Å²) in [7, 11) is 0. The molecule has 0 radical (unpaired) electrons. The van der Waals surface area contributed by atoms with Gasteiger partial charge in [-0.1, -0.05) is 42.5 Å². The molecule has 19 heavy (non-hydrogen) atoms. The standard InChI is InChI=1S/C16H15N3/c1-2-9-15(10-3-1)19-18-12-14-7-4-6-13-8-5-11-17-16(13)14/h1-11,18-19H,12H2. The van der Waals surface area contributed by atoms with Crippen molar-refractivity contribution < 1.29 is 0 Å². The molecule has 3 heteroatoms. The molecule has 0 aliphatic carbocycles. The topological polar surface area (TPSA) is 37.0 Å². The van der Waals surface area contributed by atoms with Crippen LogP contribution in [0.5, 0.6) is 0 Å². The van der Waals surface area contributed by atoms with Gasteiger partial charge in [0.05, 0.1) is 5.52 Å². The summed E-state index contributed by atoms with van der Waals surface area (Å²) in [6.45, 7) is 0.725. The van der Waals surface area contributed by atoms with E-state index in [0.29, 0.717) is 0 Å². The van der Waals surface area contributed by atoms with Crippen LogP contribution in [0.4, 0.5) is 5.69 Å². The van der Waals surface area contributed by atoms with Gasteiger partial charge in [-0.25, -0.2) is 5.43 Å². The number of nitrogens with one attached hydrogen (secondary N) is 2. The van der Waals surface area contributed by atoms with Gasteiger partial charge in [-0.3, -0.25) is 4.98 Å². The van der Waals surface area contributed by atoms with Crippen molar-refractivity contribution in [1.29, 1.82) is 0 Å². The molecule has 1 heterocycles. The second kappa shape index (κ2) is 5.50. The zero-order valence-corrected chi connectivity index (χ0v) is 10.5. The Morgan fingerprint density at radius 2 is 1.68 bits per heavy atom. The maximum atomic E-state index is 4.44. The first-order chi connectivity index (χ1) is 9.43. The Morgan fingerprint density at radius 3 is 2.58 bits per heavy atom. The molecular weight excluding hydrogens is 234 g/mol. The van der Waals surface area contributed by atoms with Crippen LogP contribution >= 0.6 is 0 Å². The fourth-order valence-electron chi connectivity index (χ4n) is 2.07. The molecule has 0 aliphatic rings. The quantitative estimate of drug-likeness (QED) is 0.696. The fourth-order valence-corrected chi connectivity index (χ4v) is 2.07. The molecule has 3 nitrogen and oxygen atoms in total. The van der Waals surface area contributed by atoms with E-state index < -0.39 is 0 Å². The van der Waals surface area contributed by atoms with Gasteiger partial charge in [0.25, 0.3) is 0 Å². The maximum Gasteiger partial charge on any atom is 0.0747 e. The van der Waals surface area contributed by atoms with E-state index in [1.807, 2.05) is 42.6 Å². The van der Waals surface area contributed by atoms with E-state index in [1.54, 1.807) is 0 Å². The summed E-state index contributed by atoms with van der Waals surface area (Å²) in [6, 6.07) is 20.3. The van der Waals surface area contributed by atoms with E-state index in [1.165, 1.54) is 10.9 Å². The largest absolute Gasteiger partial charge is 0.321 e. The zero-order chi connectivity index (χ0) is 12.9. The Morgan fingerprint density at radius 1 is 0.842 bits per heavy atom. The van der Waals surface area contributed by atoms with Gasteiger partial charge in [0.2, 0.25) is 0 Å². The van der Waals surface area contributed by atoms with Gasteiger partial charge < -0.3 is 5.43 Å². The van der Waals surface area contributed by atoms with Crippen LogP contribution in [0.15, 0.2) is 66.9 Å². The average molecular weight is 249 g/mol. The van der Waals surface area contributed by atoms with Gasteiger partial charge in [0.15, 0.2) is 0 Å². The number of benzene rings is 2. The van der Waals surface area contributed by atoms with Crippen LogP contribution in [0.2, 0.25) is 0 Å². The summed E-state index contributed by atoms with van der Waals surface area (Å²) in [4.78, 5) is 4.44. The first kappa shape index (κ1) is 11.7. The van der Waals surface area contributed by atoms with Crippen LogP contribution in [-0.2, 0) is 6.54 Å². The Hall–Kier alpha value is -2.39. The number of nitrogens with zero attached hydrogens (tertiary/aromatic N) is 1. The molecule has 0 bridgehead atoms. The summed E-state index contributed by atoms with van der Waals surface area (Å²) in [5, 5.41) is 1.17. The van der Waals surface area contributed by atoms with Crippen LogP contribution < -0.4 is 10.9 Å². The number of hydrogen-bond acceptors (Lipinski definition) is 3. The molecule has 3 rings (SSSR count). The van der Waals surface area contributed by atoms with E-state index in [4.69, 9.17) is 0 Å². The summed E-state index contributed by atoms with van der Waals surface area (Å²) in [6.07, 6.45) is 1.83. The minimum absolute atomic E-state index is 0.725. The maximum absolute atomic E-state index is 4.44. The number of hydrazine groups is 1. The zero-order valence-electron chi connectivity index (χ0n) is 10.5. The third-order valence-corrected chi connectivity index (χ3v) is 3.00. The lowest BCUT2D eigenvalue weighted by Crippen LogP contribution is -2.21. The number of anilines is 1. The van der Waals surface area contributed by atoms with Crippen molar-refractivity contribution in [3.8, 4) is 0 Å². The average Bonchev–Trinajstić information content (AvgIpc) is 2.49. The van der Waals surface area contributed by atoms with Gasteiger partial charge >= 0.3 is 0 Å². The van der Waals surface area contributed by atoms with E-state index in [0.717, 1.165) is 17.7 Å². The molecule has 94 valence electrons. The first-order valence-corrected chi connectivity index (χ1v) is 6.30. The minimum Gasteiger partial charge on any atom is -0.321 e. The SMILES string of the molecule is c1ccc(NNCc2cccc3cccnc23)cc1. The molecule has 2 N–H and O–H groups in total. The highest BCUT2D eigenvalue weighted by molar-refractivity contribution is 5.81. The predicted octanol–water partition coefficient (Wildman–Crippen LogP) is 3.35. The molecule has 0 unspecified atom stereocenters. The van der Waals surface area contributed by atoms with Crippen molar-refractivity contribution >= 4 is 16.6 Å². The third kappa shape index (κ3) is 2.72. The Labute approximate surface area is 112 Å². The van der Waals surface area contributed by atoms with Crippen molar-refractivity contribution in [3.05, 3.63) is 72.4 Å². The predicted molar refractivity (Wildman–Crippen MR) is 78.6 cm³/mol. The third-order valence-electron chi connectivity index (χ3n) is 3.00. The highest BCUT2D eigenvalue weighted by Gasteiger charge is 2.00.